The molecule has 0 amide bonds. The second kappa shape index (κ2) is 14.9. The van der Waals surface area contributed by atoms with Crippen LogP contribution in [0.3, 0.4) is 0 Å². The predicted octanol–water partition coefficient (Wildman–Crippen LogP) is 13.4. The molecule has 13 aromatic rings. The van der Waals surface area contributed by atoms with Gasteiger partial charge in [-0.25, -0.2) is 0 Å². The third-order valence-electron chi connectivity index (χ3n) is 11.5. The zero-order chi connectivity index (χ0) is 39.6. The standard InChI is InChI=1S/C45H26N3O.C9H7N2.Ir/c1-4-13-40-34(11-1)38-26-30(31-18-21-45-39(27-31)36-12-3-6-15-44(36)49-45)17-20-41(38)47(40)32-9-7-8-28(24-32)29-16-19-35-37(25-29)33-10-2-5-14-42(33)48-43(35)22-23-46-48;1-2-5-9(6-3-1)11-8-4-7-10-11;/h1-13,15-27H;1-5,7-8H;/q2*-1;. The van der Waals surface area contributed by atoms with E-state index in [2.05, 4.69) is 160 Å². The first kappa shape index (κ1) is 36.5. The maximum absolute atomic E-state index is 6.11. The van der Waals surface area contributed by atoms with Gasteiger partial charge in [-0.2, -0.15) is 58.7 Å². The van der Waals surface area contributed by atoms with Crippen molar-refractivity contribution in [1.29, 1.82) is 0 Å². The van der Waals surface area contributed by atoms with Crippen molar-refractivity contribution in [2.24, 2.45) is 0 Å². The van der Waals surface area contributed by atoms with Crippen molar-refractivity contribution >= 4 is 70.9 Å². The number of benzene rings is 8. The smallest absolute Gasteiger partial charge is 0.135 e. The van der Waals surface area contributed by atoms with Gasteiger partial charge < -0.3 is 8.98 Å². The third-order valence-corrected chi connectivity index (χ3v) is 11.5. The van der Waals surface area contributed by atoms with Gasteiger partial charge in [-0.3, -0.25) is 9.20 Å². The summed E-state index contributed by atoms with van der Waals surface area (Å²) >= 11 is 0. The van der Waals surface area contributed by atoms with Crippen LogP contribution in [0.25, 0.3) is 105 Å². The molecule has 0 unspecified atom stereocenters. The van der Waals surface area contributed by atoms with Crippen LogP contribution in [-0.4, -0.2) is 24.0 Å². The molecule has 1 radical (unpaired) electrons. The molecule has 0 bridgehead atoms. The molecule has 0 saturated heterocycles. The van der Waals surface area contributed by atoms with Crippen LogP contribution in [0.15, 0.2) is 205 Å². The largest absolute Gasteiger partial charge is 0.456 e. The molecular weight excluding hydrogens is 927 g/mol. The van der Waals surface area contributed by atoms with Crippen molar-refractivity contribution < 1.29 is 24.5 Å². The molecule has 6 nitrogen and oxygen atoms in total. The van der Waals surface area contributed by atoms with Gasteiger partial charge in [-0.15, -0.1) is 11.5 Å². The first-order valence-electron chi connectivity index (χ1n) is 20.0. The number of nitrogens with zero attached hydrogens (tertiary/aromatic N) is 5. The second-order valence-electron chi connectivity index (χ2n) is 15.0. The van der Waals surface area contributed by atoms with Crippen LogP contribution in [0.2, 0.25) is 0 Å². The molecule has 5 heterocycles. The number of hydrogen-bond acceptors (Lipinski definition) is 3. The van der Waals surface area contributed by atoms with Gasteiger partial charge >= 0.3 is 0 Å². The van der Waals surface area contributed by atoms with Gasteiger partial charge in [0.05, 0.1) is 16.6 Å². The van der Waals surface area contributed by atoms with Crippen LogP contribution < -0.4 is 0 Å². The normalized spacial score (nSPS) is 11.5. The summed E-state index contributed by atoms with van der Waals surface area (Å²) < 4.78 is 12.3. The number of fused-ring (bicyclic) bond motifs is 12. The van der Waals surface area contributed by atoms with Gasteiger partial charge in [0, 0.05) is 65.9 Å². The quantitative estimate of drug-likeness (QED) is 0.130. The van der Waals surface area contributed by atoms with E-state index in [4.69, 9.17) is 4.42 Å². The zero-order valence-corrected chi connectivity index (χ0v) is 34.9. The Bertz CT molecular complexity index is 3730. The van der Waals surface area contributed by atoms with Gasteiger partial charge in [0.25, 0.3) is 0 Å². The van der Waals surface area contributed by atoms with Crippen molar-refractivity contribution in [2.45, 2.75) is 0 Å². The Hall–Kier alpha value is -7.57. The predicted molar refractivity (Wildman–Crippen MR) is 244 cm³/mol. The minimum absolute atomic E-state index is 0. The fraction of sp³-hybridized carbons (Fsp3) is 0. The zero-order valence-electron chi connectivity index (χ0n) is 32.5. The number of para-hydroxylation sites is 4. The van der Waals surface area contributed by atoms with Gasteiger partial charge in [0.1, 0.15) is 11.2 Å². The van der Waals surface area contributed by atoms with E-state index in [0.29, 0.717) is 0 Å². The first-order valence-corrected chi connectivity index (χ1v) is 20.0. The van der Waals surface area contributed by atoms with E-state index in [1.807, 2.05) is 65.4 Å². The summed E-state index contributed by atoms with van der Waals surface area (Å²) in [5.74, 6) is 0. The van der Waals surface area contributed by atoms with E-state index < -0.39 is 0 Å². The molecule has 0 saturated carbocycles. The molecule has 7 heteroatoms. The Morgan fingerprint density at radius 2 is 1.13 bits per heavy atom. The molecule has 8 aromatic carbocycles. The number of aromatic nitrogens is 5. The Kier molecular flexibility index (Phi) is 8.92. The Morgan fingerprint density at radius 1 is 0.426 bits per heavy atom. The number of hydrogen-bond donors (Lipinski definition) is 0. The van der Waals surface area contributed by atoms with Crippen LogP contribution in [-0.2, 0) is 20.1 Å². The Labute approximate surface area is 363 Å². The summed E-state index contributed by atoms with van der Waals surface area (Å²) in [5.41, 5.74) is 13.1. The Balaban J connectivity index is 0.000000305. The molecule has 13 rings (SSSR count). The van der Waals surface area contributed by atoms with E-state index in [0.717, 1.165) is 49.7 Å². The third kappa shape index (κ3) is 6.13. The molecule has 5 aromatic heterocycles. The molecule has 0 spiro atoms. The summed E-state index contributed by atoms with van der Waals surface area (Å²) in [4.78, 5) is 0. The average Bonchev–Trinajstić information content (AvgIpc) is 4.15. The second-order valence-corrected chi connectivity index (χ2v) is 15.0. The van der Waals surface area contributed by atoms with Crippen molar-refractivity contribution in [3.05, 3.63) is 213 Å². The Morgan fingerprint density at radius 3 is 2.00 bits per heavy atom. The SMILES string of the molecule is [Ir].[c-]1cccc2c3cc(-c4cccc(-n5c6ccccc6c6cc(-c7ccc8oc9ccccc9c8c7)ccc65)c4)ccc3c3ccnn3c12.[c-]1ccccc1-n1cccn1. The summed E-state index contributed by atoms with van der Waals surface area (Å²) in [6.45, 7) is 0. The molecule has 0 N–H and O–H groups in total. The van der Waals surface area contributed by atoms with Gasteiger partial charge in [-0.1, -0.05) is 84.2 Å². The van der Waals surface area contributed by atoms with Gasteiger partial charge in [-0.05, 0) is 99.5 Å². The molecule has 0 fully saturated rings. The van der Waals surface area contributed by atoms with Crippen LogP contribution in [0.4, 0.5) is 0 Å². The minimum Gasteiger partial charge on any atom is -0.456 e. The van der Waals surface area contributed by atoms with Crippen molar-refractivity contribution in [1.82, 2.24) is 24.0 Å². The molecule has 0 atom stereocenters. The summed E-state index contributed by atoms with van der Waals surface area (Å²) in [6, 6.07) is 70.4. The minimum atomic E-state index is 0. The first-order chi connectivity index (χ1) is 29.7. The number of rotatable bonds is 4. The fourth-order valence-corrected chi connectivity index (χ4v) is 8.77. The van der Waals surface area contributed by atoms with Gasteiger partial charge in [0.15, 0.2) is 0 Å². The fourth-order valence-electron chi connectivity index (χ4n) is 8.77. The number of pyridine rings is 1. The van der Waals surface area contributed by atoms with E-state index in [-0.39, 0.29) is 20.1 Å². The summed E-state index contributed by atoms with van der Waals surface area (Å²) in [6.07, 6.45) is 5.51. The van der Waals surface area contributed by atoms with E-state index in [1.54, 1.807) is 10.9 Å². The van der Waals surface area contributed by atoms with E-state index >= 15 is 0 Å². The monoisotopic (exact) mass is 960 g/mol. The van der Waals surface area contributed by atoms with Crippen molar-refractivity contribution in [3.63, 3.8) is 0 Å². The molecule has 0 aliphatic heterocycles. The van der Waals surface area contributed by atoms with Crippen LogP contribution in [0, 0.1) is 12.1 Å². The maximum Gasteiger partial charge on any atom is 0.135 e. The molecule has 0 aliphatic carbocycles. The number of furan rings is 1. The van der Waals surface area contributed by atoms with Crippen LogP contribution in [0.5, 0.6) is 0 Å². The van der Waals surface area contributed by atoms with Crippen molar-refractivity contribution in [2.75, 3.05) is 0 Å². The molecule has 61 heavy (non-hydrogen) atoms. The van der Waals surface area contributed by atoms with Crippen LogP contribution in [0.1, 0.15) is 0 Å². The average molecular weight is 960 g/mol. The topological polar surface area (TPSA) is 53.2 Å². The summed E-state index contributed by atoms with van der Waals surface area (Å²) in [7, 11) is 0. The maximum atomic E-state index is 6.11. The summed E-state index contributed by atoms with van der Waals surface area (Å²) in [5, 5.41) is 16.9. The molecular formula is C54H33IrN5O-2. The van der Waals surface area contributed by atoms with Crippen LogP contribution >= 0.6 is 0 Å². The van der Waals surface area contributed by atoms with E-state index in [1.165, 1.54) is 54.8 Å². The molecule has 0 aliphatic rings. The van der Waals surface area contributed by atoms with E-state index in [9.17, 15) is 0 Å². The van der Waals surface area contributed by atoms with Crippen molar-refractivity contribution in [3.8, 4) is 33.6 Å². The van der Waals surface area contributed by atoms with Gasteiger partial charge in [0.2, 0.25) is 0 Å². The molecule has 291 valence electrons.